The summed E-state index contributed by atoms with van der Waals surface area (Å²) in [5, 5.41) is 3.55. The fourth-order valence-electron chi connectivity index (χ4n) is 2.01. The van der Waals surface area contributed by atoms with Crippen molar-refractivity contribution in [2.24, 2.45) is 0 Å². The van der Waals surface area contributed by atoms with Crippen molar-refractivity contribution in [1.82, 2.24) is 9.55 Å². The molecule has 0 saturated carbocycles. The van der Waals surface area contributed by atoms with Crippen molar-refractivity contribution in [2.45, 2.75) is 37.2 Å². The van der Waals surface area contributed by atoms with Crippen molar-refractivity contribution in [1.29, 1.82) is 0 Å². The zero-order valence-electron chi connectivity index (χ0n) is 9.40. The van der Waals surface area contributed by atoms with Gasteiger partial charge in [-0.15, -0.1) is 11.3 Å². The van der Waals surface area contributed by atoms with Crippen LogP contribution in [-0.4, -0.2) is 14.3 Å². The van der Waals surface area contributed by atoms with E-state index in [0.29, 0.717) is 0 Å². The molecule has 0 bridgehead atoms. The second-order valence-electron chi connectivity index (χ2n) is 4.70. The molecule has 1 aliphatic heterocycles. The predicted octanol–water partition coefficient (Wildman–Crippen LogP) is 2.65. The minimum absolute atomic E-state index is 0.0787. The molecule has 0 fully saturated rings. The first kappa shape index (κ1) is 10.4. The monoisotopic (exact) mass is 252 g/mol. The molecular formula is C11H12N2OS2. The van der Waals surface area contributed by atoms with Crippen LogP contribution >= 0.6 is 23.1 Å². The molecule has 1 aliphatic rings. The molecule has 16 heavy (non-hydrogen) atoms. The lowest BCUT2D eigenvalue weighted by atomic mass is 10.2. The smallest absolute Gasteiger partial charge is 0.262 e. The van der Waals surface area contributed by atoms with Crippen molar-refractivity contribution in [3.05, 3.63) is 20.6 Å². The number of thioether (sulfide) groups is 1. The summed E-state index contributed by atoms with van der Waals surface area (Å²) in [6, 6.07) is 0. The van der Waals surface area contributed by atoms with E-state index < -0.39 is 0 Å². The highest BCUT2D eigenvalue weighted by atomic mass is 32.2. The number of rotatable bonds is 0. The largest absolute Gasteiger partial charge is 0.286 e. The van der Waals surface area contributed by atoms with Gasteiger partial charge in [0.25, 0.3) is 5.56 Å². The summed E-state index contributed by atoms with van der Waals surface area (Å²) in [6.07, 6.45) is 0. The first-order chi connectivity index (χ1) is 7.48. The average Bonchev–Trinajstić information content (AvgIpc) is 2.68. The van der Waals surface area contributed by atoms with Gasteiger partial charge in [-0.1, -0.05) is 11.8 Å². The zero-order valence-corrected chi connectivity index (χ0v) is 11.0. The molecule has 2 aromatic rings. The van der Waals surface area contributed by atoms with Crippen molar-refractivity contribution >= 4 is 34.0 Å². The molecule has 3 nitrogen and oxygen atoms in total. The van der Waals surface area contributed by atoms with Crippen LogP contribution in [0.1, 0.15) is 18.7 Å². The van der Waals surface area contributed by atoms with Gasteiger partial charge in [-0.25, -0.2) is 4.98 Å². The lowest BCUT2D eigenvalue weighted by Gasteiger charge is -2.12. The van der Waals surface area contributed by atoms with Gasteiger partial charge >= 0.3 is 0 Å². The van der Waals surface area contributed by atoms with Crippen LogP contribution in [0, 0.1) is 6.92 Å². The molecule has 0 atom stereocenters. The fourth-order valence-corrected chi connectivity index (χ4v) is 3.86. The Morgan fingerprint density at radius 1 is 1.50 bits per heavy atom. The Kier molecular flexibility index (Phi) is 2.01. The molecule has 0 amide bonds. The van der Waals surface area contributed by atoms with Crippen LogP contribution < -0.4 is 5.56 Å². The van der Waals surface area contributed by atoms with Gasteiger partial charge in [-0.2, -0.15) is 0 Å². The maximum atomic E-state index is 12.2. The van der Waals surface area contributed by atoms with Gasteiger partial charge in [0.1, 0.15) is 0 Å². The normalized spacial score (nSPS) is 17.9. The Morgan fingerprint density at radius 3 is 3.00 bits per heavy atom. The van der Waals surface area contributed by atoms with Crippen molar-refractivity contribution in [3.8, 4) is 0 Å². The highest BCUT2D eigenvalue weighted by molar-refractivity contribution is 8.00. The van der Waals surface area contributed by atoms with E-state index >= 15 is 0 Å². The Bertz CT molecular complexity index is 639. The molecule has 0 spiro atoms. The van der Waals surface area contributed by atoms with Crippen LogP contribution in [0.15, 0.2) is 15.3 Å². The number of hydrogen-bond donors (Lipinski definition) is 0. The van der Waals surface area contributed by atoms with Crippen molar-refractivity contribution in [2.75, 3.05) is 0 Å². The highest BCUT2D eigenvalue weighted by Crippen LogP contribution is 2.39. The second kappa shape index (κ2) is 3.11. The number of nitrogens with zero attached hydrogens (tertiary/aromatic N) is 2. The van der Waals surface area contributed by atoms with Gasteiger partial charge in [0.05, 0.1) is 10.9 Å². The van der Waals surface area contributed by atoms with E-state index in [2.05, 4.69) is 18.8 Å². The maximum absolute atomic E-state index is 12.2. The van der Waals surface area contributed by atoms with Crippen LogP contribution in [0.3, 0.4) is 0 Å². The molecule has 3 rings (SSSR count). The average molecular weight is 252 g/mol. The van der Waals surface area contributed by atoms with Crippen LogP contribution in [-0.2, 0) is 6.54 Å². The predicted molar refractivity (Wildman–Crippen MR) is 68.6 cm³/mol. The zero-order chi connectivity index (χ0) is 11.5. The van der Waals surface area contributed by atoms with Gasteiger partial charge < -0.3 is 0 Å². The third-order valence-corrected chi connectivity index (χ3v) is 4.84. The number of thiophene rings is 1. The van der Waals surface area contributed by atoms with Crippen LogP contribution in [0.25, 0.3) is 10.9 Å². The molecule has 0 aromatic carbocycles. The standard InChI is InChI=1S/C11H12N2OS2/c1-6-8-7(4-15-6)9(14)13-5-11(2,3)16-10(13)12-8/h4H,5H2,1-3H3. The molecule has 5 heteroatoms. The SMILES string of the molecule is Cc1scc2c(=O)n3c(nc12)SC(C)(C)C3. The molecule has 0 saturated heterocycles. The van der Waals surface area contributed by atoms with E-state index in [1.165, 1.54) is 0 Å². The third kappa shape index (κ3) is 1.34. The number of fused-ring (bicyclic) bond motifs is 2. The second-order valence-corrected chi connectivity index (χ2v) is 7.46. The molecule has 0 N–H and O–H groups in total. The Labute approximate surface area is 102 Å². The molecule has 0 radical (unpaired) electrons. The Hall–Kier alpha value is -0.810. The summed E-state index contributed by atoms with van der Waals surface area (Å²) in [4.78, 5) is 18.0. The highest BCUT2D eigenvalue weighted by Gasteiger charge is 2.32. The summed E-state index contributed by atoms with van der Waals surface area (Å²) in [7, 11) is 0. The quantitative estimate of drug-likeness (QED) is 0.676. The molecule has 0 unspecified atom stereocenters. The van der Waals surface area contributed by atoms with Crippen LogP contribution in [0.5, 0.6) is 0 Å². The molecule has 0 aliphatic carbocycles. The summed E-state index contributed by atoms with van der Waals surface area (Å²) in [5.74, 6) is 0. The van der Waals surface area contributed by atoms with Gasteiger partial charge in [-0.05, 0) is 20.8 Å². The summed E-state index contributed by atoms with van der Waals surface area (Å²) in [6.45, 7) is 7.06. The van der Waals surface area contributed by atoms with E-state index in [1.807, 2.05) is 12.3 Å². The number of aryl methyl sites for hydroxylation is 1. The topological polar surface area (TPSA) is 34.9 Å². The third-order valence-electron chi connectivity index (χ3n) is 2.76. The van der Waals surface area contributed by atoms with Crippen molar-refractivity contribution in [3.63, 3.8) is 0 Å². The van der Waals surface area contributed by atoms with E-state index in [9.17, 15) is 4.79 Å². The van der Waals surface area contributed by atoms with Gasteiger partial charge in [-0.3, -0.25) is 9.36 Å². The number of hydrogen-bond acceptors (Lipinski definition) is 4. The minimum atomic E-state index is 0.0787. The van der Waals surface area contributed by atoms with Crippen LogP contribution in [0.2, 0.25) is 0 Å². The first-order valence-electron chi connectivity index (χ1n) is 5.16. The Balaban J connectivity index is 2.37. The molecular weight excluding hydrogens is 240 g/mol. The molecule has 2 aromatic heterocycles. The summed E-state index contributed by atoms with van der Waals surface area (Å²) < 4.78 is 1.88. The van der Waals surface area contributed by atoms with Gasteiger partial charge in [0, 0.05) is 21.5 Å². The van der Waals surface area contributed by atoms with E-state index in [-0.39, 0.29) is 10.3 Å². The van der Waals surface area contributed by atoms with Crippen molar-refractivity contribution < 1.29 is 0 Å². The van der Waals surface area contributed by atoms with Gasteiger partial charge in [0.2, 0.25) is 0 Å². The van der Waals surface area contributed by atoms with Crippen LogP contribution in [0.4, 0.5) is 0 Å². The Morgan fingerprint density at radius 2 is 2.25 bits per heavy atom. The molecule has 3 heterocycles. The first-order valence-corrected chi connectivity index (χ1v) is 6.85. The van der Waals surface area contributed by atoms with E-state index in [4.69, 9.17) is 0 Å². The van der Waals surface area contributed by atoms with Gasteiger partial charge in [0.15, 0.2) is 5.16 Å². The molecule has 84 valence electrons. The van der Waals surface area contributed by atoms with E-state index in [1.54, 1.807) is 27.7 Å². The summed E-state index contributed by atoms with van der Waals surface area (Å²) >= 11 is 3.29. The summed E-state index contributed by atoms with van der Waals surface area (Å²) in [5.41, 5.74) is 0.994. The lowest BCUT2D eigenvalue weighted by Crippen LogP contribution is -2.24. The fraction of sp³-hybridized carbons (Fsp3) is 0.455. The maximum Gasteiger partial charge on any atom is 0.262 e. The van der Waals surface area contributed by atoms with E-state index in [0.717, 1.165) is 27.5 Å². The number of aromatic nitrogens is 2. The lowest BCUT2D eigenvalue weighted by molar-refractivity contribution is 0.548. The minimum Gasteiger partial charge on any atom is -0.286 e.